The van der Waals surface area contributed by atoms with E-state index < -0.39 is 5.60 Å². The van der Waals surface area contributed by atoms with Gasteiger partial charge in [-0.3, -0.25) is 0 Å². The normalized spacial score (nSPS) is 29.3. The van der Waals surface area contributed by atoms with Gasteiger partial charge in [0, 0.05) is 25.7 Å². The van der Waals surface area contributed by atoms with Crippen LogP contribution in [0.5, 0.6) is 0 Å². The number of fused-ring (bicyclic) bond motifs is 1. The fourth-order valence-corrected chi connectivity index (χ4v) is 6.49. The molecule has 3 aliphatic rings. The molecule has 0 aromatic heterocycles. The summed E-state index contributed by atoms with van der Waals surface area (Å²) in [6.45, 7) is 20.4. The van der Waals surface area contributed by atoms with Gasteiger partial charge in [0.25, 0.3) is 0 Å². The Balaban J connectivity index is 0.00000201. The smallest absolute Gasteiger partial charge is 0.0592 e. The van der Waals surface area contributed by atoms with Crippen LogP contribution in [-0.4, -0.2) is 35.6 Å². The van der Waals surface area contributed by atoms with Gasteiger partial charge in [0.05, 0.1) is 5.60 Å². The van der Waals surface area contributed by atoms with Gasteiger partial charge in [-0.1, -0.05) is 58.9 Å². The first-order valence-corrected chi connectivity index (χ1v) is 15.1. The minimum absolute atomic E-state index is 0.231. The average molecular weight is 517 g/mol. The van der Waals surface area contributed by atoms with Crippen LogP contribution in [0.3, 0.4) is 0 Å². The molecule has 3 aliphatic carbocycles. The van der Waals surface area contributed by atoms with Gasteiger partial charge in [-0.2, -0.15) is 0 Å². The summed E-state index contributed by atoms with van der Waals surface area (Å²) in [4.78, 5) is 0. The standard InChI is InChI=1S/C28H46O3.2C2H6.C2H2/c1-21-22(8-5-9-24(21)20-29)11-12-23-10-6-17-28(4)25(13-14-26(23)28)15-19-31-18-7-16-27(2,3)30;3*1-2/h11-12,24-26,29-30H,1,5-10,13-20H2,2-4H3;2*1-2H3;1-2H/b22-11-,23-12+;;;/t24?,25-,26?,28?;;;/m1.../s1. The van der Waals surface area contributed by atoms with Gasteiger partial charge in [0.15, 0.2) is 0 Å². The predicted molar refractivity (Wildman–Crippen MR) is 161 cm³/mol. The van der Waals surface area contributed by atoms with E-state index in [4.69, 9.17) is 4.74 Å². The van der Waals surface area contributed by atoms with Crippen LogP contribution in [0.25, 0.3) is 0 Å². The third-order valence-corrected chi connectivity index (χ3v) is 8.47. The molecule has 0 aromatic rings. The number of aliphatic hydroxyl groups is 2. The van der Waals surface area contributed by atoms with E-state index in [0.29, 0.717) is 11.3 Å². The van der Waals surface area contributed by atoms with Crippen molar-refractivity contribution in [3.05, 3.63) is 35.5 Å². The number of allylic oxidation sites excluding steroid dienone is 4. The van der Waals surface area contributed by atoms with Gasteiger partial charge < -0.3 is 14.9 Å². The van der Waals surface area contributed by atoms with Gasteiger partial charge in [-0.25, -0.2) is 0 Å². The summed E-state index contributed by atoms with van der Waals surface area (Å²) >= 11 is 0. The molecule has 0 bridgehead atoms. The molecule has 3 rings (SSSR count). The second-order valence-corrected chi connectivity index (χ2v) is 11.2. The van der Waals surface area contributed by atoms with Gasteiger partial charge in [-0.05, 0) is 113 Å². The molecule has 214 valence electrons. The average Bonchev–Trinajstić information content (AvgIpc) is 3.25. The molecule has 0 aromatic carbocycles. The Labute approximate surface area is 230 Å². The van der Waals surface area contributed by atoms with E-state index in [1.54, 1.807) is 5.57 Å². The van der Waals surface area contributed by atoms with E-state index in [9.17, 15) is 10.2 Å². The van der Waals surface area contributed by atoms with Crippen LogP contribution in [-0.2, 0) is 4.74 Å². The number of aliphatic hydroxyl groups excluding tert-OH is 1. The fraction of sp³-hybridized carbons (Fsp3) is 0.765. The van der Waals surface area contributed by atoms with Crippen molar-refractivity contribution in [1.82, 2.24) is 0 Å². The Morgan fingerprint density at radius 2 is 1.70 bits per heavy atom. The third kappa shape index (κ3) is 11.1. The first-order chi connectivity index (χ1) is 17.7. The van der Waals surface area contributed by atoms with E-state index in [2.05, 4.69) is 38.5 Å². The minimum atomic E-state index is -0.585. The minimum Gasteiger partial charge on any atom is -0.396 e. The van der Waals surface area contributed by atoms with Gasteiger partial charge >= 0.3 is 0 Å². The molecule has 0 radical (unpaired) electrons. The molecule has 37 heavy (non-hydrogen) atoms. The van der Waals surface area contributed by atoms with Crippen molar-refractivity contribution in [3.8, 4) is 12.8 Å². The summed E-state index contributed by atoms with van der Waals surface area (Å²) < 4.78 is 5.94. The highest BCUT2D eigenvalue weighted by Gasteiger charge is 2.48. The topological polar surface area (TPSA) is 49.7 Å². The van der Waals surface area contributed by atoms with Crippen LogP contribution in [0.4, 0.5) is 0 Å². The number of hydrogen-bond acceptors (Lipinski definition) is 3. The first kappa shape index (κ1) is 35.7. The molecule has 3 heteroatoms. The maximum atomic E-state index is 9.82. The largest absolute Gasteiger partial charge is 0.396 e. The molecule has 0 amide bonds. The Hall–Kier alpha value is -1.34. The molecule has 0 aliphatic heterocycles. The second kappa shape index (κ2) is 18.8. The molecular formula is C34H60O3. The van der Waals surface area contributed by atoms with Gasteiger partial charge in [-0.15, -0.1) is 12.8 Å². The highest BCUT2D eigenvalue weighted by atomic mass is 16.5. The molecule has 2 N–H and O–H groups in total. The molecule has 0 saturated heterocycles. The summed E-state index contributed by atoms with van der Waals surface area (Å²) in [5, 5.41) is 19.4. The Morgan fingerprint density at radius 1 is 1.03 bits per heavy atom. The van der Waals surface area contributed by atoms with E-state index in [1.807, 2.05) is 41.5 Å². The summed E-state index contributed by atoms with van der Waals surface area (Å²) in [5.74, 6) is 1.73. The zero-order valence-electron chi connectivity index (χ0n) is 25.5. The van der Waals surface area contributed by atoms with Crippen molar-refractivity contribution in [1.29, 1.82) is 0 Å². The molecular weight excluding hydrogens is 456 g/mol. The van der Waals surface area contributed by atoms with Crippen LogP contribution < -0.4 is 0 Å². The van der Waals surface area contributed by atoms with Gasteiger partial charge in [0.1, 0.15) is 0 Å². The number of hydrogen-bond donors (Lipinski definition) is 2. The lowest BCUT2D eigenvalue weighted by Crippen LogP contribution is -2.33. The van der Waals surface area contributed by atoms with Crippen molar-refractivity contribution < 1.29 is 14.9 Å². The maximum Gasteiger partial charge on any atom is 0.0592 e. The Bertz CT molecular complexity index is 708. The van der Waals surface area contributed by atoms with E-state index in [1.165, 1.54) is 44.1 Å². The van der Waals surface area contributed by atoms with Crippen LogP contribution in [0.1, 0.15) is 119 Å². The number of rotatable bonds is 9. The van der Waals surface area contributed by atoms with Crippen LogP contribution >= 0.6 is 0 Å². The van der Waals surface area contributed by atoms with Gasteiger partial charge in [0.2, 0.25) is 0 Å². The van der Waals surface area contributed by atoms with Crippen LogP contribution in [0.2, 0.25) is 0 Å². The number of ether oxygens (including phenoxy) is 1. The summed E-state index contributed by atoms with van der Waals surface area (Å²) in [6.07, 6.45) is 25.5. The lowest BCUT2D eigenvalue weighted by Gasteiger charge is -2.42. The lowest BCUT2D eigenvalue weighted by molar-refractivity contribution is 0.0437. The monoisotopic (exact) mass is 516 g/mol. The SMILES string of the molecule is C#C.C=C1/C(=C\C=C2/CCCC3(C)C2CC[C@@H]3CCOCCCC(C)(C)O)CCCC1CO.CC.CC. The molecule has 3 nitrogen and oxygen atoms in total. The zero-order valence-corrected chi connectivity index (χ0v) is 25.5. The molecule has 3 saturated carbocycles. The highest BCUT2D eigenvalue weighted by Crippen LogP contribution is 2.58. The Kier molecular flexibility index (Phi) is 18.2. The van der Waals surface area contributed by atoms with Crippen molar-refractivity contribution in [2.24, 2.45) is 23.2 Å². The van der Waals surface area contributed by atoms with E-state index in [-0.39, 0.29) is 12.5 Å². The number of terminal acetylenes is 1. The summed E-state index contributed by atoms with van der Waals surface area (Å²) in [7, 11) is 0. The second-order valence-electron chi connectivity index (χ2n) is 11.2. The van der Waals surface area contributed by atoms with Crippen molar-refractivity contribution in [2.45, 2.75) is 125 Å². The molecule has 0 spiro atoms. The third-order valence-electron chi connectivity index (χ3n) is 8.47. The summed E-state index contributed by atoms with van der Waals surface area (Å²) in [5.41, 5.74) is 4.00. The molecule has 3 fully saturated rings. The quantitative estimate of drug-likeness (QED) is 0.238. The molecule has 0 heterocycles. The van der Waals surface area contributed by atoms with Crippen molar-refractivity contribution in [3.63, 3.8) is 0 Å². The van der Waals surface area contributed by atoms with Crippen LogP contribution in [0, 0.1) is 36.0 Å². The maximum absolute atomic E-state index is 9.82. The van der Waals surface area contributed by atoms with Crippen molar-refractivity contribution in [2.75, 3.05) is 19.8 Å². The van der Waals surface area contributed by atoms with Crippen LogP contribution in [0.15, 0.2) is 35.5 Å². The summed E-state index contributed by atoms with van der Waals surface area (Å²) in [6, 6.07) is 0. The fourth-order valence-electron chi connectivity index (χ4n) is 6.49. The first-order valence-electron chi connectivity index (χ1n) is 15.1. The van der Waals surface area contributed by atoms with Crippen molar-refractivity contribution >= 4 is 0 Å². The van der Waals surface area contributed by atoms with E-state index >= 15 is 0 Å². The molecule has 4 atom stereocenters. The zero-order chi connectivity index (χ0) is 28.5. The molecule has 3 unspecified atom stereocenters. The van der Waals surface area contributed by atoms with E-state index in [0.717, 1.165) is 56.8 Å². The Morgan fingerprint density at radius 3 is 2.32 bits per heavy atom. The predicted octanol–water partition coefficient (Wildman–Crippen LogP) is 8.66. The lowest BCUT2D eigenvalue weighted by atomic mass is 9.63. The highest BCUT2D eigenvalue weighted by molar-refractivity contribution is 5.37.